The fraction of sp³-hybridized carbons (Fsp3) is 0.200. The highest BCUT2D eigenvalue weighted by Crippen LogP contribution is 2.24. The largest absolute Gasteiger partial charge is 0.459 e. The van der Waals surface area contributed by atoms with E-state index < -0.39 is 6.04 Å². The Hall–Kier alpha value is -1.52. The Morgan fingerprint density at radius 3 is 2.86 bits per heavy atom. The van der Waals surface area contributed by atoms with Gasteiger partial charge in [0.1, 0.15) is 11.3 Å². The smallest absolute Gasteiger partial charge is 0.134 e. The minimum atomic E-state index is -0.469. The van der Waals surface area contributed by atoms with Crippen LogP contribution in [0.5, 0.6) is 0 Å². The van der Waals surface area contributed by atoms with E-state index in [-0.39, 0.29) is 6.61 Å². The maximum absolute atomic E-state index is 8.86. The van der Waals surface area contributed by atoms with Gasteiger partial charge in [0.25, 0.3) is 0 Å². The van der Waals surface area contributed by atoms with E-state index in [0.29, 0.717) is 11.4 Å². The van der Waals surface area contributed by atoms with Gasteiger partial charge >= 0.3 is 0 Å². The number of fused-ring (bicyclic) bond motifs is 1. The molecule has 0 bridgehead atoms. The predicted molar refractivity (Wildman–Crippen MR) is 54.6 cm³/mol. The van der Waals surface area contributed by atoms with Gasteiger partial charge in [-0.15, -0.1) is 0 Å². The van der Waals surface area contributed by atoms with Crippen molar-refractivity contribution < 1.29 is 9.52 Å². The minimum Gasteiger partial charge on any atom is -0.459 e. The van der Waals surface area contributed by atoms with E-state index in [1.807, 2.05) is 6.07 Å². The van der Waals surface area contributed by atoms with E-state index in [9.17, 15) is 0 Å². The van der Waals surface area contributed by atoms with Crippen molar-refractivity contribution in [3.8, 4) is 0 Å². The SMILES string of the molecule is Nc1ccc2oc([C@@H](N)CO)cc2c1. The molecule has 0 aliphatic carbocycles. The fourth-order valence-corrected chi connectivity index (χ4v) is 1.36. The van der Waals surface area contributed by atoms with Crippen molar-refractivity contribution >= 4 is 16.7 Å². The van der Waals surface area contributed by atoms with Crippen LogP contribution in [0.3, 0.4) is 0 Å². The Kier molecular flexibility index (Phi) is 2.15. The zero-order chi connectivity index (χ0) is 10.1. The lowest BCUT2D eigenvalue weighted by molar-refractivity contribution is 0.254. The van der Waals surface area contributed by atoms with Crippen molar-refractivity contribution in [2.24, 2.45) is 5.73 Å². The van der Waals surface area contributed by atoms with Gasteiger partial charge in [-0.2, -0.15) is 0 Å². The molecule has 0 aliphatic rings. The summed E-state index contributed by atoms with van der Waals surface area (Å²) in [6.45, 7) is -0.130. The van der Waals surface area contributed by atoms with Crippen molar-refractivity contribution in [1.82, 2.24) is 0 Å². The topological polar surface area (TPSA) is 85.4 Å². The van der Waals surface area contributed by atoms with Crippen LogP contribution in [0.15, 0.2) is 28.7 Å². The van der Waals surface area contributed by atoms with Crippen LogP contribution in [-0.2, 0) is 0 Å². The number of furan rings is 1. The molecule has 1 aromatic carbocycles. The third-order valence-corrected chi connectivity index (χ3v) is 2.12. The van der Waals surface area contributed by atoms with Crippen molar-refractivity contribution in [2.75, 3.05) is 12.3 Å². The average Bonchev–Trinajstić information content (AvgIpc) is 2.59. The van der Waals surface area contributed by atoms with E-state index >= 15 is 0 Å². The Balaban J connectivity index is 2.51. The molecule has 0 radical (unpaired) electrons. The molecule has 1 heterocycles. The number of hydrogen-bond acceptors (Lipinski definition) is 4. The Labute approximate surface area is 81.1 Å². The van der Waals surface area contributed by atoms with Gasteiger partial charge in [0.05, 0.1) is 12.6 Å². The van der Waals surface area contributed by atoms with Crippen LogP contribution in [0.25, 0.3) is 11.0 Å². The van der Waals surface area contributed by atoms with E-state index in [1.54, 1.807) is 18.2 Å². The Morgan fingerprint density at radius 2 is 2.14 bits per heavy atom. The summed E-state index contributed by atoms with van der Waals surface area (Å²) in [5.74, 6) is 0.577. The highest BCUT2D eigenvalue weighted by atomic mass is 16.3. The third-order valence-electron chi connectivity index (χ3n) is 2.12. The minimum absolute atomic E-state index is 0.130. The summed E-state index contributed by atoms with van der Waals surface area (Å²) < 4.78 is 5.44. The molecule has 0 spiro atoms. The molecule has 5 N–H and O–H groups in total. The second-order valence-electron chi connectivity index (χ2n) is 3.24. The molecule has 0 fully saturated rings. The molecule has 0 saturated carbocycles. The fourth-order valence-electron chi connectivity index (χ4n) is 1.36. The van der Waals surface area contributed by atoms with Crippen LogP contribution in [0.4, 0.5) is 5.69 Å². The summed E-state index contributed by atoms with van der Waals surface area (Å²) >= 11 is 0. The van der Waals surface area contributed by atoms with Crippen LogP contribution in [-0.4, -0.2) is 11.7 Å². The quantitative estimate of drug-likeness (QED) is 0.620. The number of anilines is 1. The van der Waals surface area contributed by atoms with Crippen LogP contribution < -0.4 is 11.5 Å². The number of aliphatic hydroxyl groups excluding tert-OH is 1. The summed E-state index contributed by atoms with van der Waals surface area (Å²) in [7, 11) is 0. The molecule has 0 aliphatic heterocycles. The molecule has 0 saturated heterocycles. The van der Waals surface area contributed by atoms with Crippen molar-refractivity contribution in [2.45, 2.75) is 6.04 Å². The number of benzene rings is 1. The van der Waals surface area contributed by atoms with Gasteiger partial charge < -0.3 is 21.0 Å². The average molecular weight is 192 g/mol. The lowest BCUT2D eigenvalue weighted by atomic mass is 10.2. The first-order valence-electron chi connectivity index (χ1n) is 4.36. The summed E-state index contributed by atoms with van der Waals surface area (Å²) in [4.78, 5) is 0. The molecule has 0 amide bonds. The first kappa shape index (κ1) is 9.05. The Morgan fingerprint density at radius 1 is 1.36 bits per heavy atom. The van der Waals surface area contributed by atoms with Crippen molar-refractivity contribution in [1.29, 1.82) is 0 Å². The molecule has 2 aromatic rings. The maximum Gasteiger partial charge on any atom is 0.134 e. The summed E-state index contributed by atoms with van der Waals surface area (Å²) in [6.07, 6.45) is 0. The molecule has 2 rings (SSSR count). The summed E-state index contributed by atoms with van der Waals surface area (Å²) in [5, 5.41) is 9.76. The second-order valence-corrected chi connectivity index (χ2v) is 3.24. The number of nitrogen functional groups attached to an aromatic ring is 1. The highest BCUT2D eigenvalue weighted by Gasteiger charge is 2.10. The molecular weight excluding hydrogens is 180 g/mol. The monoisotopic (exact) mass is 192 g/mol. The molecule has 0 unspecified atom stereocenters. The summed E-state index contributed by atoms with van der Waals surface area (Å²) in [5.41, 5.74) is 12.7. The number of hydrogen-bond donors (Lipinski definition) is 3. The molecule has 1 aromatic heterocycles. The number of aliphatic hydroxyl groups is 1. The van der Waals surface area contributed by atoms with Gasteiger partial charge in [-0.3, -0.25) is 0 Å². The first-order chi connectivity index (χ1) is 6.70. The van der Waals surface area contributed by atoms with E-state index in [0.717, 1.165) is 11.0 Å². The van der Waals surface area contributed by atoms with E-state index in [1.165, 1.54) is 0 Å². The van der Waals surface area contributed by atoms with Gasteiger partial charge in [-0.05, 0) is 24.3 Å². The normalized spacial score (nSPS) is 13.3. The molecule has 4 heteroatoms. The summed E-state index contributed by atoms with van der Waals surface area (Å²) in [6, 6.07) is 6.70. The van der Waals surface area contributed by atoms with E-state index in [4.69, 9.17) is 21.0 Å². The van der Waals surface area contributed by atoms with Crippen LogP contribution in [0.2, 0.25) is 0 Å². The lowest BCUT2D eigenvalue weighted by Crippen LogP contribution is -2.13. The Bertz CT molecular complexity index is 450. The van der Waals surface area contributed by atoms with Crippen LogP contribution >= 0.6 is 0 Å². The van der Waals surface area contributed by atoms with Crippen molar-refractivity contribution in [3.63, 3.8) is 0 Å². The third kappa shape index (κ3) is 1.45. The van der Waals surface area contributed by atoms with E-state index in [2.05, 4.69) is 0 Å². The van der Waals surface area contributed by atoms with Gasteiger partial charge in [0, 0.05) is 11.1 Å². The number of rotatable bonds is 2. The van der Waals surface area contributed by atoms with Crippen LogP contribution in [0, 0.1) is 0 Å². The highest BCUT2D eigenvalue weighted by molar-refractivity contribution is 5.81. The predicted octanol–water partition coefficient (Wildman–Crippen LogP) is 1.01. The van der Waals surface area contributed by atoms with Gasteiger partial charge in [-0.1, -0.05) is 0 Å². The van der Waals surface area contributed by atoms with Crippen LogP contribution in [0.1, 0.15) is 11.8 Å². The zero-order valence-corrected chi connectivity index (χ0v) is 7.60. The zero-order valence-electron chi connectivity index (χ0n) is 7.60. The molecule has 74 valence electrons. The molecule has 14 heavy (non-hydrogen) atoms. The molecule has 1 atom stereocenters. The molecule has 4 nitrogen and oxygen atoms in total. The standard InChI is InChI=1S/C10H12N2O2/c11-7-1-2-9-6(3-7)4-10(14-9)8(12)5-13/h1-4,8,13H,5,11-12H2/t8-/m0/s1. The van der Waals surface area contributed by atoms with Gasteiger partial charge in [0.2, 0.25) is 0 Å². The lowest BCUT2D eigenvalue weighted by Gasteiger charge is -2.01. The number of nitrogens with two attached hydrogens (primary N) is 2. The second kappa shape index (κ2) is 3.32. The first-order valence-corrected chi connectivity index (χ1v) is 4.36. The van der Waals surface area contributed by atoms with Gasteiger partial charge in [0.15, 0.2) is 0 Å². The molecular formula is C10H12N2O2. The van der Waals surface area contributed by atoms with Gasteiger partial charge in [-0.25, -0.2) is 0 Å². The van der Waals surface area contributed by atoms with Crippen molar-refractivity contribution in [3.05, 3.63) is 30.0 Å². The maximum atomic E-state index is 8.86.